The van der Waals surface area contributed by atoms with E-state index in [2.05, 4.69) is 11.1 Å². The van der Waals surface area contributed by atoms with E-state index in [9.17, 15) is 0 Å². The van der Waals surface area contributed by atoms with Crippen molar-refractivity contribution in [3.05, 3.63) is 53.9 Å². The van der Waals surface area contributed by atoms with Crippen LogP contribution >= 0.6 is 0 Å². The molecule has 4 heteroatoms. The van der Waals surface area contributed by atoms with Gasteiger partial charge in [-0.05, 0) is 48.4 Å². The molecule has 0 radical (unpaired) electrons. The van der Waals surface area contributed by atoms with E-state index < -0.39 is 0 Å². The van der Waals surface area contributed by atoms with Crippen LogP contribution in [0.15, 0.2) is 42.7 Å². The Bertz CT molecular complexity index is 572. The van der Waals surface area contributed by atoms with Gasteiger partial charge in [0.1, 0.15) is 13.2 Å². The minimum Gasteiger partial charge on any atom is -0.486 e. The molecule has 2 N–H and O–H groups in total. The molecule has 20 heavy (non-hydrogen) atoms. The van der Waals surface area contributed by atoms with Crippen molar-refractivity contribution < 1.29 is 9.47 Å². The van der Waals surface area contributed by atoms with Crippen LogP contribution in [0, 0.1) is 0 Å². The Morgan fingerprint density at radius 1 is 1.05 bits per heavy atom. The molecule has 1 aromatic heterocycles. The molecule has 1 aliphatic rings. The maximum absolute atomic E-state index is 5.94. The quantitative estimate of drug-likeness (QED) is 0.924. The molecule has 4 nitrogen and oxygen atoms in total. The lowest BCUT2D eigenvalue weighted by atomic mass is 9.92. The fourth-order valence-electron chi connectivity index (χ4n) is 2.45. The van der Waals surface area contributed by atoms with Crippen molar-refractivity contribution in [1.82, 2.24) is 4.98 Å². The normalized spacial score (nSPS) is 14.8. The molecule has 0 aliphatic carbocycles. The minimum atomic E-state index is 0.272. The zero-order chi connectivity index (χ0) is 13.8. The molecular formula is C16H18N2O2. The topological polar surface area (TPSA) is 57.4 Å². The van der Waals surface area contributed by atoms with Crippen molar-refractivity contribution in [3.63, 3.8) is 0 Å². The molecule has 0 fully saturated rings. The zero-order valence-electron chi connectivity index (χ0n) is 11.3. The van der Waals surface area contributed by atoms with Gasteiger partial charge in [-0.1, -0.05) is 6.07 Å². The van der Waals surface area contributed by atoms with Gasteiger partial charge in [-0.3, -0.25) is 4.98 Å². The van der Waals surface area contributed by atoms with E-state index in [1.54, 1.807) is 0 Å². The summed E-state index contributed by atoms with van der Waals surface area (Å²) in [6.45, 7) is 1.82. The van der Waals surface area contributed by atoms with Crippen LogP contribution < -0.4 is 15.2 Å². The van der Waals surface area contributed by atoms with E-state index in [4.69, 9.17) is 15.2 Å². The number of nitrogens with two attached hydrogens (primary N) is 1. The Morgan fingerprint density at radius 2 is 1.80 bits per heavy atom. The molecular weight excluding hydrogens is 252 g/mol. The van der Waals surface area contributed by atoms with Crippen molar-refractivity contribution in [3.8, 4) is 11.5 Å². The molecule has 0 amide bonds. The summed E-state index contributed by atoms with van der Waals surface area (Å²) in [5.74, 6) is 1.91. The second-order valence-electron chi connectivity index (χ2n) is 4.90. The van der Waals surface area contributed by atoms with Crippen LogP contribution in [0.1, 0.15) is 17.0 Å². The Hall–Kier alpha value is -2.07. The van der Waals surface area contributed by atoms with Gasteiger partial charge in [0, 0.05) is 18.3 Å². The summed E-state index contributed by atoms with van der Waals surface area (Å²) in [4.78, 5) is 4.04. The van der Waals surface area contributed by atoms with Crippen LogP contribution in [0.3, 0.4) is 0 Å². The molecule has 0 bridgehead atoms. The summed E-state index contributed by atoms with van der Waals surface area (Å²) < 4.78 is 11.2. The highest BCUT2D eigenvalue weighted by Gasteiger charge is 2.16. The number of aromatic nitrogens is 1. The number of fused-ring (bicyclic) bond motifs is 1. The third kappa shape index (κ3) is 2.75. The van der Waals surface area contributed by atoms with Gasteiger partial charge in [0.2, 0.25) is 0 Å². The van der Waals surface area contributed by atoms with Crippen LogP contribution in [0.2, 0.25) is 0 Å². The molecule has 1 atom stereocenters. The maximum Gasteiger partial charge on any atom is 0.161 e. The minimum absolute atomic E-state index is 0.272. The third-order valence-electron chi connectivity index (χ3n) is 3.55. The highest BCUT2D eigenvalue weighted by molar-refractivity contribution is 5.45. The monoisotopic (exact) mass is 270 g/mol. The van der Waals surface area contributed by atoms with E-state index >= 15 is 0 Å². The van der Waals surface area contributed by atoms with Crippen LogP contribution in [0.5, 0.6) is 11.5 Å². The first-order valence-corrected chi connectivity index (χ1v) is 6.85. The summed E-state index contributed by atoms with van der Waals surface area (Å²) in [6, 6.07) is 10.2. The number of ether oxygens (including phenoxy) is 2. The molecule has 0 spiro atoms. The average molecular weight is 270 g/mol. The second kappa shape index (κ2) is 5.92. The summed E-state index contributed by atoms with van der Waals surface area (Å²) in [7, 11) is 0. The summed E-state index contributed by atoms with van der Waals surface area (Å²) >= 11 is 0. The van der Waals surface area contributed by atoms with E-state index in [1.165, 1.54) is 11.1 Å². The summed E-state index contributed by atoms with van der Waals surface area (Å²) in [6.07, 6.45) is 4.53. The molecule has 104 valence electrons. The van der Waals surface area contributed by atoms with Gasteiger partial charge in [-0.15, -0.1) is 0 Å². The molecule has 1 unspecified atom stereocenters. The smallest absolute Gasteiger partial charge is 0.161 e. The van der Waals surface area contributed by atoms with Crippen molar-refractivity contribution in [2.45, 2.75) is 12.3 Å². The largest absolute Gasteiger partial charge is 0.486 e. The van der Waals surface area contributed by atoms with Gasteiger partial charge < -0.3 is 15.2 Å². The Balaban J connectivity index is 1.82. The van der Waals surface area contributed by atoms with E-state index in [1.807, 2.05) is 36.7 Å². The van der Waals surface area contributed by atoms with Crippen LogP contribution in [0.25, 0.3) is 0 Å². The van der Waals surface area contributed by atoms with E-state index in [0.29, 0.717) is 19.8 Å². The lowest BCUT2D eigenvalue weighted by molar-refractivity contribution is 0.171. The van der Waals surface area contributed by atoms with Crippen LogP contribution in [-0.2, 0) is 6.42 Å². The first-order valence-electron chi connectivity index (χ1n) is 6.85. The molecule has 2 aromatic rings. The Morgan fingerprint density at radius 3 is 2.55 bits per heavy atom. The highest BCUT2D eigenvalue weighted by atomic mass is 16.6. The SMILES string of the molecule is NCC(Cc1ccncc1)c1ccc2c(c1)OCCO2. The second-order valence-corrected chi connectivity index (χ2v) is 4.90. The highest BCUT2D eigenvalue weighted by Crippen LogP contribution is 2.33. The molecule has 1 aliphatic heterocycles. The van der Waals surface area contributed by atoms with Crippen molar-refractivity contribution >= 4 is 0 Å². The zero-order valence-corrected chi connectivity index (χ0v) is 11.3. The Labute approximate surface area is 118 Å². The van der Waals surface area contributed by atoms with Crippen LogP contribution in [0.4, 0.5) is 0 Å². The van der Waals surface area contributed by atoms with Crippen molar-refractivity contribution in [2.75, 3.05) is 19.8 Å². The van der Waals surface area contributed by atoms with Crippen LogP contribution in [-0.4, -0.2) is 24.7 Å². The van der Waals surface area contributed by atoms with Gasteiger partial charge in [0.05, 0.1) is 0 Å². The first kappa shape index (κ1) is 12.9. The van der Waals surface area contributed by atoms with Gasteiger partial charge in [0.25, 0.3) is 0 Å². The predicted molar refractivity (Wildman–Crippen MR) is 77.2 cm³/mol. The lowest BCUT2D eigenvalue weighted by Crippen LogP contribution is -2.18. The number of rotatable bonds is 4. The fraction of sp³-hybridized carbons (Fsp3) is 0.312. The maximum atomic E-state index is 5.94. The van der Waals surface area contributed by atoms with Gasteiger partial charge >= 0.3 is 0 Å². The van der Waals surface area contributed by atoms with Gasteiger partial charge in [-0.25, -0.2) is 0 Å². The fourth-order valence-corrected chi connectivity index (χ4v) is 2.45. The summed E-state index contributed by atoms with van der Waals surface area (Å²) in [5, 5.41) is 0. The molecule has 3 rings (SSSR count). The van der Waals surface area contributed by atoms with E-state index in [-0.39, 0.29) is 5.92 Å². The predicted octanol–water partition coefficient (Wildman–Crippen LogP) is 2.14. The number of hydrogen-bond acceptors (Lipinski definition) is 4. The third-order valence-corrected chi connectivity index (χ3v) is 3.55. The number of nitrogens with zero attached hydrogens (tertiary/aromatic N) is 1. The molecule has 0 saturated heterocycles. The number of pyridine rings is 1. The number of benzene rings is 1. The van der Waals surface area contributed by atoms with Crippen molar-refractivity contribution in [1.29, 1.82) is 0 Å². The number of hydrogen-bond donors (Lipinski definition) is 1. The van der Waals surface area contributed by atoms with Crippen molar-refractivity contribution in [2.24, 2.45) is 5.73 Å². The molecule has 1 aromatic carbocycles. The van der Waals surface area contributed by atoms with Gasteiger partial charge in [0.15, 0.2) is 11.5 Å². The van der Waals surface area contributed by atoms with E-state index in [0.717, 1.165) is 17.9 Å². The molecule has 0 saturated carbocycles. The Kier molecular flexibility index (Phi) is 3.83. The first-order chi connectivity index (χ1) is 9.86. The van der Waals surface area contributed by atoms with Gasteiger partial charge in [-0.2, -0.15) is 0 Å². The average Bonchev–Trinajstić information content (AvgIpc) is 2.53. The standard InChI is InChI=1S/C16H18N2O2/c17-11-14(9-12-3-5-18-6-4-12)13-1-2-15-16(10-13)20-8-7-19-15/h1-6,10,14H,7-9,11,17H2. The molecule has 2 heterocycles. The lowest BCUT2D eigenvalue weighted by Gasteiger charge is -2.21. The summed E-state index contributed by atoms with van der Waals surface area (Å²) in [5.41, 5.74) is 8.37.